The standard InChI is InChI=1S/C22H21N3O2S/c1-4-25-21(20(15-23)19-12-11-18(27-3)14-22(19)25)13-8-16-6-9-17(10-7-16)24-28(26)5-2/h6-7,9-12,14,24H,4-5H2,1-3H3. The van der Waals surface area contributed by atoms with E-state index in [0.717, 1.165) is 27.9 Å². The monoisotopic (exact) mass is 391 g/mol. The first-order valence-electron chi connectivity index (χ1n) is 8.98. The normalized spacial score (nSPS) is 11.4. The molecule has 0 spiro atoms. The highest BCUT2D eigenvalue weighted by atomic mass is 32.2. The Hall–Kier alpha value is -3.22. The van der Waals surface area contributed by atoms with Crippen molar-refractivity contribution >= 4 is 27.6 Å². The molecule has 0 fully saturated rings. The van der Waals surface area contributed by atoms with Gasteiger partial charge in [-0.2, -0.15) is 5.26 Å². The minimum absolute atomic E-state index is 0.546. The quantitative estimate of drug-likeness (QED) is 0.668. The minimum Gasteiger partial charge on any atom is -0.497 e. The van der Waals surface area contributed by atoms with Gasteiger partial charge in [0.2, 0.25) is 0 Å². The molecule has 1 N–H and O–H groups in total. The average Bonchev–Trinajstić information content (AvgIpc) is 3.04. The summed E-state index contributed by atoms with van der Waals surface area (Å²) < 4.78 is 21.9. The fourth-order valence-electron chi connectivity index (χ4n) is 2.98. The highest BCUT2D eigenvalue weighted by Gasteiger charge is 2.15. The van der Waals surface area contributed by atoms with Gasteiger partial charge in [0.15, 0.2) is 0 Å². The van der Waals surface area contributed by atoms with E-state index in [-0.39, 0.29) is 0 Å². The van der Waals surface area contributed by atoms with Crippen LogP contribution in [0.5, 0.6) is 5.75 Å². The number of nitrogens with zero attached hydrogens (tertiary/aromatic N) is 2. The zero-order valence-electron chi connectivity index (χ0n) is 16.1. The Morgan fingerprint density at radius 2 is 1.89 bits per heavy atom. The van der Waals surface area contributed by atoms with Crippen LogP contribution in [-0.2, 0) is 17.5 Å². The summed E-state index contributed by atoms with van der Waals surface area (Å²) in [6.45, 7) is 4.58. The van der Waals surface area contributed by atoms with E-state index in [2.05, 4.69) is 22.6 Å². The number of aryl methyl sites for hydroxylation is 1. The third kappa shape index (κ3) is 3.88. The summed E-state index contributed by atoms with van der Waals surface area (Å²) in [5.74, 6) is 7.60. The summed E-state index contributed by atoms with van der Waals surface area (Å²) in [6, 6.07) is 15.4. The Kier molecular flexibility index (Phi) is 6.03. The van der Waals surface area contributed by atoms with E-state index < -0.39 is 11.0 Å². The first kappa shape index (κ1) is 19.5. The number of hydrogen-bond acceptors (Lipinski definition) is 3. The van der Waals surface area contributed by atoms with E-state index in [1.807, 2.05) is 60.9 Å². The largest absolute Gasteiger partial charge is 0.497 e. The molecule has 0 aliphatic carbocycles. The van der Waals surface area contributed by atoms with Crippen LogP contribution in [0.25, 0.3) is 10.9 Å². The maximum Gasteiger partial charge on any atom is 0.120 e. The van der Waals surface area contributed by atoms with Gasteiger partial charge in [0, 0.05) is 35.0 Å². The molecular formula is C22H21N3O2S. The van der Waals surface area contributed by atoms with Crippen LogP contribution in [-0.4, -0.2) is 21.6 Å². The molecule has 6 heteroatoms. The van der Waals surface area contributed by atoms with Crippen molar-refractivity contribution < 1.29 is 8.95 Å². The van der Waals surface area contributed by atoms with Gasteiger partial charge < -0.3 is 14.0 Å². The third-order valence-corrected chi connectivity index (χ3v) is 5.39. The van der Waals surface area contributed by atoms with Gasteiger partial charge in [0.05, 0.1) is 18.2 Å². The van der Waals surface area contributed by atoms with Crippen molar-refractivity contribution in [1.82, 2.24) is 4.57 Å². The molecule has 3 rings (SSSR count). The van der Waals surface area contributed by atoms with Crippen molar-refractivity contribution in [1.29, 1.82) is 5.26 Å². The molecule has 0 aliphatic heterocycles. The molecule has 5 nitrogen and oxygen atoms in total. The van der Waals surface area contributed by atoms with Crippen molar-refractivity contribution in [3.63, 3.8) is 0 Å². The van der Waals surface area contributed by atoms with Crippen LogP contribution in [0, 0.1) is 23.2 Å². The van der Waals surface area contributed by atoms with Crippen LogP contribution in [0.1, 0.15) is 30.7 Å². The Morgan fingerprint density at radius 3 is 2.50 bits per heavy atom. The van der Waals surface area contributed by atoms with Crippen LogP contribution in [0.15, 0.2) is 42.5 Å². The molecule has 0 saturated carbocycles. The average molecular weight is 391 g/mol. The van der Waals surface area contributed by atoms with Gasteiger partial charge in [-0.15, -0.1) is 0 Å². The molecule has 0 bridgehead atoms. The molecule has 0 amide bonds. The highest BCUT2D eigenvalue weighted by molar-refractivity contribution is 7.86. The summed E-state index contributed by atoms with van der Waals surface area (Å²) in [6.07, 6.45) is 0. The summed E-state index contributed by atoms with van der Waals surface area (Å²) in [4.78, 5) is 0. The molecule has 1 heterocycles. The number of aromatic nitrogens is 1. The molecule has 1 unspecified atom stereocenters. The van der Waals surface area contributed by atoms with Crippen LogP contribution < -0.4 is 9.46 Å². The number of nitriles is 1. The topological polar surface area (TPSA) is 67.0 Å². The maximum absolute atomic E-state index is 11.6. The minimum atomic E-state index is -1.07. The number of methoxy groups -OCH3 is 1. The lowest BCUT2D eigenvalue weighted by Gasteiger charge is -2.05. The summed E-state index contributed by atoms with van der Waals surface area (Å²) >= 11 is 0. The van der Waals surface area contributed by atoms with E-state index >= 15 is 0 Å². The molecule has 2 aromatic carbocycles. The van der Waals surface area contributed by atoms with Crippen LogP contribution in [0.4, 0.5) is 5.69 Å². The van der Waals surface area contributed by atoms with Gasteiger partial charge in [-0.3, -0.25) is 0 Å². The molecule has 0 saturated heterocycles. The molecule has 1 aromatic heterocycles. The third-order valence-electron chi connectivity index (χ3n) is 4.40. The summed E-state index contributed by atoms with van der Waals surface area (Å²) in [7, 11) is 0.552. The predicted octanol–water partition coefficient (Wildman–Crippen LogP) is 4.04. The van der Waals surface area contributed by atoms with Crippen LogP contribution in [0.2, 0.25) is 0 Å². The Bertz CT molecular complexity index is 1130. The molecule has 0 radical (unpaired) electrons. The number of anilines is 1. The number of fused-ring (bicyclic) bond motifs is 1. The van der Waals surface area contributed by atoms with Crippen molar-refractivity contribution in [2.24, 2.45) is 0 Å². The van der Waals surface area contributed by atoms with Crippen LogP contribution >= 0.6 is 0 Å². The Labute approximate surface area is 167 Å². The Morgan fingerprint density at radius 1 is 1.14 bits per heavy atom. The van der Waals surface area contributed by atoms with E-state index in [1.165, 1.54) is 0 Å². The van der Waals surface area contributed by atoms with Crippen molar-refractivity contribution in [2.75, 3.05) is 17.6 Å². The molecule has 3 aromatic rings. The molecule has 0 aliphatic rings. The van der Waals surface area contributed by atoms with E-state index in [4.69, 9.17) is 4.74 Å². The summed E-state index contributed by atoms with van der Waals surface area (Å²) in [5, 5.41) is 10.6. The van der Waals surface area contributed by atoms with Gasteiger partial charge in [-0.05, 0) is 49.2 Å². The first-order valence-corrected chi connectivity index (χ1v) is 10.3. The van der Waals surface area contributed by atoms with E-state index in [1.54, 1.807) is 7.11 Å². The van der Waals surface area contributed by atoms with Crippen molar-refractivity contribution in [3.8, 4) is 23.7 Å². The fourth-order valence-corrected chi connectivity index (χ4v) is 3.53. The smallest absolute Gasteiger partial charge is 0.120 e. The van der Waals surface area contributed by atoms with Gasteiger partial charge in [-0.25, -0.2) is 4.21 Å². The van der Waals surface area contributed by atoms with Gasteiger partial charge in [0.1, 0.15) is 28.5 Å². The molecule has 28 heavy (non-hydrogen) atoms. The second-order valence-corrected chi connectivity index (χ2v) is 7.50. The van der Waals surface area contributed by atoms with Gasteiger partial charge in [-0.1, -0.05) is 12.8 Å². The number of rotatable bonds is 5. The number of ether oxygens (including phenoxy) is 1. The zero-order valence-corrected chi connectivity index (χ0v) is 16.9. The number of nitrogens with one attached hydrogen (secondary N) is 1. The van der Waals surface area contributed by atoms with E-state index in [9.17, 15) is 9.47 Å². The van der Waals surface area contributed by atoms with Crippen molar-refractivity contribution in [3.05, 3.63) is 59.3 Å². The summed E-state index contributed by atoms with van der Waals surface area (Å²) in [5.41, 5.74) is 3.82. The van der Waals surface area contributed by atoms with Crippen molar-refractivity contribution in [2.45, 2.75) is 20.4 Å². The molecule has 1 atom stereocenters. The first-order chi connectivity index (χ1) is 13.6. The fraction of sp³-hybridized carbons (Fsp3) is 0.227. The Balaban J connectivity index is 2.01. The SMILES string of the molecule is CCn1c(C#Cc2ccc(NS(=O)CC)cc2)c(C#N)c2ccc(OC)cc21. The lowest BCUT2D eigenvalue weighted by atomic mass is 10.1. The maximum atomic E-state index is 11.6. The number of benzene rings is 2. The second kappa shape index (κ2) is 8.65. The van der Waals surface area contributed by atoms with Gasteiger partial charge >= 0.3 is 0 Å². The van der Waals surface area contributed by atoms with Gasteiger partial charge in [0.25, 0.3) is 0 Å². The second-order valence-electron chi connectivity index (χ2n) is 6.03. The molecule has 142 valence electrons. The zero-order chi connectivity index (χ0) is 20.1. The van der Waals surface area contributed by atoms with Crippen LogP contribution in [0.3, 0.4) is 0 Å². The lowest BCUT2D eigenvalue weighted by molar-refractivity contribution is 0.415. The highest BCUT2D eigenvalue weighted by Crippen LogP contribution is 2.28. The van der Waals surface area contributed by atoms with E-state index in [0.29, 0.717) is 23.6 Å². The lowest BCUT2D eigenvalue weighted by Crippen LogP contribution is -2.05. The molecular weight excluding hydrogens is 370 g/mol. The predicted molar refractivity (Wildman–Crippen MR) is 114 cm³/mol. The number of hydrogen-bond donors (Lipinski definition) is 1.